The molecule has 0 aliphatic carbocycles. The van der Waals surface area contributed by atoms with E-state index in [1.807, 2.05) is 0 Å². The molecule has 1 heterocycles. The van der Waals surface area contributed by atoms with Crippen molar-refractivity contribution in [2.75, 3.05) is 14.1 Å². The molecule has 2 aromatic carbocycles. The van der Waals surface area contributed by atoms with Crippen LogP contribution in [0.3, 0.4) is 0 Å². The van der Waals surface area contributed by atoms with Crippen LogP contribution in [0.25, 0.3) is 0 Å². The maximum Gasteiger partial charge on any atom is 0.318 e. The molecule has 0 fully saturated rings. The molecule has 3 rings (SSSR count). The normalized spacial score (nSPS) is 10.6. The first-order valence-corrected chi connectivity index (χ1v) is 9.82. The Hall–Kier alpha value is -4.01. The number of carbonyl (C=O) groups is 3. The summed E-state index contributed by atoms with van der Waals surface area (Å²) >= 11 is 0. The highest BCUT2D eigenvalue weighted by Gasteiger charge is 2.27. The minimum absolute atomic E-state index is 0.0526. The van der Waals surface area contributed by atoms with Gasteiger partial charge in [-0.1, -0.05) is 24.3 Å². The molecule has 0 saturated heterocycles. The van der Waals surface area contributed by atoms with Crippen LogP contribution in [0.15, 0.2) is 61.1 Å². The van der Waals surface area contributed by atoms with Crippen molar-refractivity contribution in [2.45, 2.75) is 19.5 Å². The van der Waals surface area contributed by atoms with E-state index < -0.39 is 17.7 Å². The predicted molar refractivity (Wildman–Crippen MR) is 114 cm³/mol. The van der Waals surface area contributed by atoms with Crippen molar-refractivity contribution >= 4 is 17.7 Å². The molecule has 1 aromatic heterocycles. The summed E-state index contributed by atoms with van der Waals surface area (Å²) in [6.45, 7) is 0.408. The lowest BCUT2D eigenvalue weighted by Crippen LogP contribution is -2.45. The molecule has 1 N–H and O–H groups in total. The number of likely N-dealkylation sites (N-methyl/N-ethyl adjacent to an activating group) is 2. The van der Waals surface area contributed by atoms with Gasteiger partial charge in [0.2, 0.25) is 5.91 Å². The largest absolute Gasteiger partial charge is 0.508 e. The van der Waals surface area contributed by atoms with E-state index in [0.29, 0.717) is 23.4 Å². The van der Waals surface area contributed by atoms with Gasteiger partial charge < -0.3 is 14.6 Å². The van der Waals surface area contributed by atoms with Crippen LogP contribution < -0.4 is 0 Å². The molecule has 3 amide bonds. The van der Waals surface area contributed by atoms with Gasteiger partial charge in [-0.2, -0.15) is 0 Å². The summed E-state index contributed by atoms with van der Waals surface area (Å²) in [4.78, 5) is 43.6. The predicted octanol–water partition coefficient (Wildman–Crippen LogP) is 1.96. The van der Waals surface area contributed by atoms with Gasteiger partial charge in [0.15, 0.2) is 0 Å². The van der Waals surface area contributed by atoms with E-state index in [2.05, 4.69) is 4.98 Å². The monoisotopic (exact) mass is 438 g/mol. The first-order chi connectivity index (χ1) is 15.2. The number of benzene rings is 2. The third-order valence-electron chi connectivity index (χ3n) is 4.91. The number of nitrogens with zero attached hydrogens (tertiary/aromatic N) is 4. The van der Waals surface area contributed by atoms with Crippen molar-refractivity contribution in [2.24, 2.45) is 0 Å². The second-order valence-electron chi connectivity index (χ2n) is 7.41. The number of carbonyl (C=O) groups excluding carboxylic acids is 3. The molecule has 0 aliphatic rings. The Labute approximate surface area is 184 Å². The van der Waals surface area contributed by atoms with Gasteiger partial charge >= 0.3 is 11.8 Å². The number of imidazole rings is 1. The Kier molecular flexibility index (Phi) is 6.99. The topological polar surface area (TPSA) is 95.7 Å². The fraction of sp³-hybridized carbons (Fsp3) is 0.217. The number of aromatic hydroxyl groups is 1. The zero-order valence-corrected chi connectivity index (χ0v) is 17.7. The van der Waals surface area contributed by atoms with E-state index >= 15 is 0 Å². The number of phenols is 1. The van der Waals surface area contributed by atoms with Gasteiger partial charge in [-0.05, 0) is 35.4 Å². The third kappa shape index (κ3) is 5.57. The molecule has 0 atom stereocenters. The number of aromatic nitrogens is 2. The number of halogens is 1. The quantitative estimate of drug-likeness (QED) is 0.594. The number of amides is 3. The van der Waals surface area contributed by atoms with Crippen molar-refractivity contribution < 1.29 is 23.9 Å². The van der Waals surface area contributed by atoms with Gasteiger partial charge in [0.05, 0.1) is 12.7 Å². The second-order valence-corrected chi connectivity index (χ2v) is 7.41. The van der Waals surface area contributed by atoms with Crippen LogP contribution in [0.1, 0.15) is 16.8 Å². The summed E-state index contributed by atoms with van der Waals surface area (Å²) in [6, 6.07) is 12.4. The molecule has 8 nitrogen and oxygen atoms in total. The number of rotatable bonds is 6. The van der Waals surface area contributed by atoms with Crippen LogP contribution in [-0.4, -0.2) is 56.3 Å². The zero-order chi connectivity index (χ0) is 23.3. The number of phenolic OH excluding ortho intramolecular Hbond substituents is 1. The zero-order valence-electron chi connectivity index (χ0n) is 17.7. The van der Waals surface area contributed by atoms with E-state index in [-0.39, 0.29) is 24.5 Å². The van der Waals surface area contributed by atoms with Crippen molar-refractivity contribution in [3.63, 3.8) is 0 Å². The van der Waals surface area contributed by atoms with Crippen LogP contribution in [-0.2, 0) is 33.9 Å². The Bertz CT molecular complexity index is 1140. The molecule has 32 heavy (non-hydrogen) atoms. The highest BCUT2D eigenvalue weighted by atomic mass is 19.1. The molecule has 0 unspecified atom stereocenters. The lowest BCUT2D eigenvalue weighted by atomic mass is 10.2. The average molecular weight is 438 g/mol. The highest BCUT2D eigenvalue weighted by molar-refractivity contribution is 6.37. The fourth-order valence-corrected chi connectivity index (χ4v) is 3.16. The summed E-state index contributed by atoms with van der Waals surface area (Å²) in [6.07, 6.45) is 2.86. The van der Waals surface area contributed by atoms with Gasteiger partial charge in [-0.25, -0.2) is 9.37 Å². The molecule has 0 saturated carbocycles. The van der Waals surface area contributed by atoms with Crippen LogP contribution in [0, 0.1) is 5.82 Å². The first-order valence-electron chi connectivity index (χ1n) is 9.82. The van der Waals surface area contributed by atoms with E-state index in [1.54, 1.807) is 28.8 Å². The van der Waals surface area contributed by atoms with E-state index in [4.69, 9.17) is 0 Å². The highest BCUT2D eigenvalue weighted by Crippen LogP contribution is 2.13. The number of hydrogen-bond donors (Lipinski definition) is 1. The van der Waals surface area contributed by atoms with E-state index in [9.17, 15) is 23.9 Å². The summed E-state index contributed by atoms with van der Waals surface area (Å²) in [7, 11) is 2.69. The molecule has 0 spiro atoms. The van der Waals surface area contributed by atoms with Crippen LogP contribution in [0.5, 0.6) is 5.75 Å². The van der Waals surface area contributed by atoms with Crippen LogP contribution in [0.4, 0.5) is 4.39 Å². The van der Waals surface area contributed by atoms with E-state index in [1.165, 1.54) is 55.8 Å². The Morgan fingerprint density at radius 3 is 2.47 bits per heavy atom. The Balaban J connectivity index is 1.62. The summed E-state index contributed by atoms with van der Waals surface area (Å²) < 4.78 is 15.1. The Morgan fingerprint density at radius 2 is 1.75 bits per heavy atom. The van der Waals surface area contributed by atoms with Crippen LogP contribution >= 0.6 is 0 Å². The molecule has 0 bridgehead atoms. The maximum absolute atomic E-state index is 13.4. The number of imide groups is 1. The minimum atomic E-state index is -0.964. The molecule has 3 aromatic rings. The lowest BCUT2D eigenvalue weighted by Gasteiger charge is -2.21. The van der Waals surface area contributed by atoms with Gasteiger partial charge in [0.1, 0.15) is 11.6 Å². The Morgan fingerprint density at radius 1 is 1.03 bits per heavy atom. The lowest BCUT2D eigenvalue weighted by molar-refractivity contribution is -0.155. The molecule has 166 valence electrons. The van der Waals surface area contributed by atoms with Gasteiger partial charge in [-0.3, -0.25) is 19.3 Å². The summed E-state index contributed by atoms with van der Waals surface area (Å²) in [5.41, 5.74) is 1.87. The van der Waals surface area contributed by atoms with Crippen molar-refractivity contribution in [1.29, 1.82) is 0 Å². The number of hydrogen-bond acceptors (Lipinski definition) is 5. The molecular weight excluding hydrogens is 415 g/mol. The molecule has 0 radical (unpaired) electrons. The summed E-state index contributed by atoms with van der Waals surface area (Å²) in [5, 5.41) is 9.54. The van der Waals surface area contributed by atoms with Crippen molar-refractivity contribution in [3.8, 4) is 5.75 Å². The standard InChI is InChI=1S/C23H23FN4O4/c1-26(13-17-6-4-8-20(29)10-17)22(31)23(32)27(2)21(30)11-19-12-25-15-28(19)14-16-5-3-7-18(24)9-16/h3-10,12,15,29H,11,13-14H2,1-2H3. The van der Waals surface area contributed by atoms with Gasteiger partial charge in [0, 0.05) is 39.1 Å². The second kappa shape index (κ2) is 9.86. The SMILES string of the molecule is CN(Cc1cccc(O)c1)C(=O)C(=O)N(C)C(=O)Cc1cncn1Cc1cccc(F)c1. The van der Waals surface area contributed by atoms with Gasteiger partial charge in [0.25, 0.3) is 0 Å². The minimum Gasteiger partial charge on any atom is -0.508 e. The maximum atomic E-state index is 13.4. The van der Waals surface area contributed by atoms with Crippen LogP contribution in [0.2, 0.25) is 0 Å². The molecule has 0 aliphatic heterocycles. The van der Waals surface area contributed by atoms with Gasteiger partial charge in [-0.15, -0.1) is 0 Å². The van der Waals surface area contributed by atoms with E-state index in [0.717, 1.165) is 4.90 Å². The molecular formula is C23H23FN4O4. The first kappa shape index (κ1) is 22.7. The third-order valence-corrected chi connectivity index (χ3v) is 4.91. The van der Waals surface area contributed by atoms with Crippen molar-refractivity contribution in [3.05, 3.63) is 83.7 Å². The fourth-order valence-electron chi connectivity index (χ4n) is 3.16. The molecule has 9 heteroatoms. The van der Waals surface area contributed by atoms with Crippen molar-refractivity contribution in [1.82, 2.24) is 19.4 Å². The average Bonchev–Trinajstić information content (AvgIpc) is 3.18. The smallest absolute Gasteiger partial charge is 0.318 e. The summed E-state index contributed by atoms with van der Waals surface area (Å²) in [5.74, 6) is -2.70.